The van der Waals surface area contributed by atoms with Gasteiger partial charge in [0.25, 0.3) is 0 Å². The van der Waals surface area contributed by atoms with Crippen molar-refractivity contribution >= 4 is 54.4 Å². The first-order chi connectivity index (χ1) is 26.6. The second-order valence-electron chi connectivity index (χ2n) is 11.3. The fraction of sp³-hybridized carbons (Fsp3) is 0.200. The molecule has 0 saturated heterocycles. The Morgan fingerprint density at radius 3 is 1.75 bits per heavy atom. The number of hydrogen-bond acceptors (Lipinski definition) is 15. The van der Waals surface area contributed by atoms with Gasteiger partial charge in [-0.3, -0.25) is 9.13 Å². The molecule has 0 unspecified atom stereocenters. The van der Waals surface area contributed by atoms with E-state index in [1.807, 2.05) is 23.6 Å². The lowest BCUT2D eigenvalue weighted by Crippen LogP contribution is -2.16. The normalized spacial score (nSPS) is 11.2. The standard InChI is InChI=1S/C22H20BrFN4O4S2.C13H13N5O2S/c1-31-17-4-3-5-18(32-2)20(17)28-19(26-27-21(28)22-25-9-10-33-22)13-34(29,30)11-8-14-6-7-15(24)12-16(14)23;1-19-8-4-3-5-9(20-2)10(8)18-11(16-17-13(18)14)12-15-6-7-21-12/h3-7,9-10,12H,8,11,13H2,1-2H3;3-7H,1-2H3,(H2,14,17). The maximum atomic E-state index is 13.4. The average Bonchev–Trinajstić information content (AvgIpc) is 4.02. The zero-order valence-electron chi connectivity index (χ0n) is 29.7. The van der Waals surface area contributed by atoms with Crippen LogP contribution in [-0.2, 0) is 22.0 Å². The third-order valence-electron chi connectivity index (χ3n) is 7.96. The van der Waals surface area contributed by atoms with Gasteiger partial charge in [-0.2, -0.15) is 0 Å². The summed E-state index contributed by atoms with van der Waals surface area (Å²) in [6.07, 6.45) is 3.55. The van der Waals surface area contributed by atoms with Crippen LogP contribution in [0.2, 0.25) is 0 Å². The summed E-state index contributed by atoms with van der Waals surface area (Å²) in [5.41, 5.74) is 7.81. The van der Waals surface area contributed by atoms with Gasteiger partial charge in [0.15, 0.2) is 37.3 Å². The van der Waals surface area contributed by atoms with Crippen LogP contribution in [0.3, 0.4) is 0 Å². The minimum atomic E-state index is -3.62. The molecule has 0 radical (unpaired) electrons. The lowest BCUT2D eigenvalue weighted by Gasteiger charge is -2.17. The molecule has 3 aromatic carbocycles. The second-order valence-corrected chi connectivity index (χ2v) is 16.1. The Labute approximate surface area is 331 Å². The van der Waals surface area contributed by atoms with Gasteiger partial charge in [0, 0.05) is 27.6 Å². The van der Waals surface area contributed by atoms with Crippen LogP contribution in [-0.4, -0.2) is 82.1 Å². The number of aryl methyl sites for hydroxylation is 1. The average molecular weight is 871 g/mol. The molecule has 0 spiro atoms. The SMILES string of the molecule is COc1cccc(OC)c1-n1c(CS(=O)(=O)CCc2ccc(F)cc2Br)nnc1-c1nccs1.COc1cccc(OC)c1-n1c(N)nnc1-c1nccs1. The molecule has 55 heavy (non-hydrogen) atoms. The smallest absolute Gasteiger partial charge is 0.227 e. The fourth-order valence-electron chi connectivity index (χ4n) is 5.47. The number of hydrogen-bond donors (Lipinski definition) is 1. The van der Waals surface area contributed by atoms with E-state index in [9.17, 15) is 12.8 Å². The highest BCUT2D eigenvalue weighted by molar-refractivity contribution is 9.10. The van der Waals surface area contributed by atoms with Crippen LogP contribution in [0.25, 0.3) is 33.0 Å². The number of methoxy groups -OCH3 is 4. The summed E-state index contributed by atoms with van der Waals surface area (Å²) in [6.45, 7) is 0. The predicted molar refractivity (Wildman–Crippen MR) is 211 cm³/mol. The van der Waals surface area contributed by atoms with E-state index in [-0.39, 0.29) is 29.7 Å². The third-order valence-corrected chi connectivity index (χ3v) is 11.8. The van der Waals surface area contributed by atoms with Crippen molar-refractivity contribution in [3.63, 3.8) is 0 Å². The number of rotatable bonds is 13. The summed E-state index contributed by atoms with van der Waals surface area (Å²) in [5, 5.41) is 21.4. The Morgan fingerprint density at radius 1 is 0.745 bits per heavy atom. The largest absolute Gasteiger partial charge is 0.494 e. The number of anilines is 1. The number of halogens is 2. The Hall–Kier alpha value is -5.44. The Kier molecular flexibility index (Phi) is 12.4. The van der Waals surface area contributed by atoms with Crippen molar-refractivity contribution in [3.8, 4) is 56.0 Å². The van der Waals surface area contributed by atoms with Gasteiger partial charge < -0.3 is 24.7 Å². The molecule has 4 heterocycles. The van der Waals surface area contributed by atoms with E-state index >= 15 is 0 Å². The molecule has 0 aliphatic heterocycles. The topological polar surface area (TPSA) is 184 Å². The number of thiazole rings is 2. The van der Waals surface area contributed by atoms with Crippen molar-refractivity contribution in [2.24, 2.45) is 0 Å². The zero-order chi connectivity index (χ0) is 39.1. The van der Waals surface area contributed by atoms with Gasteiger partial charge in [-0.05, 0) is 48.4 Å². The van der Waals surface area contributed by atoms with Gasteiger partial charge in [0.05, 0.1) is 34.2 Å². The van der Waals surface area contributed by atoms with E-state index in [0.29, 0.717) is 66.1 Å². The maximum absolute atomic E-state index is 13.4. The highest BCUT2D eigenvalue weighted by Crippen LogP contribution is 2.38. The van der Waals surface area contributed by atoms with Gasteiger partial charge >= 0.3 is 0 Å². The molecule has 0 atom stereocenters. The first kappa shape index (κ1) is 39.3. The third kappa shape index (κ3) is 8.61. The molecule has 0 aliphatic rings. The van der Waals surface area contributed by atoms with E-state index in [1.165, 1.54) is 49.0 Å². The van der Waals surface area contributed by atoms with Crippen molar-refractivity contribution in [3.05, 3.63) is 99.4 Å². The van der Waals surface area contributed by atoms with Gasteiger partial charge in [-0.15, -0.1) is 43.1 Å². The highest BCUT2D eigenvalue weighted by Gasteiger charge is 2.27. The van der Waals surface area contributed by atoms with Crippen molar-refractivity contribution in [1.82, 2.24) is 39.5 Å². The van der Waals surface area contributed by atoms with Crippen molar-refractivity contribution < 1.29 is 31.8 Å². The Bertz CT molecular complexity index is 2450. The molecule has 0 bridgehead atoms. The Morgan fingerprint density at radius 2 is 1.25 bits per heavy atom. The summed E-state index contributed by atoms with van der Waals surface area (Å²) in [7, 11) is 2.58. The number of para-hydroxylation sites is 2. The molecule has 4 aromatic heterocycles. The number of ether oxygens (including phenoxy) is 4. The minimum absolute atomic E-state index is 0.153. The molecule has 0 amide bonds. The summed E-state index contributed by atoms with van der Waals surface area (Å²) in [6, 6.07) is 14.9. The van der Waals surface area contributed by atoms with E-state index in [0.717, 1.165) is 0 Å². The van der Waals surface area contributed by atoms with Crippen LogP contribution < -0.4 is 24.7 Å². The quantitative estimate of drug-likeness (QED) is 0.133. The first-order valence-corrected chi connectivity index (χ1v) is 20.5. The van der Waals surface area contributed by atoms with Crippen LogP contribution in [0.4, 0.5) is 10.3 Å². The van der Waals surface area contributed by atoms with Gasteiger partial charge in [-0.1, -0.05) is 34.1 Å². The van der Waals surface area contributed by atoms with E-state index in [1.54, 1.807) is 65.4 Å². The van der Waals surface area contributed by atoms with Gasteiger partial charge in [0.2, 0.25) is 5.95 Å². The molecule has 0 saturated carbocycles. The van der Waals surface area contributed by atoms with Crippen LogP contribution in [0.15, 0.2) is 82.2 Å². The number of nitrogens with two attached hydrogens (primary N) is 1. The number of aromatic nitrogens is 8. The fourth-order valence-corrected chi connectivity index (χ4v) is 8.49. The van der Waals surface area contributed by atoms with E-state index in [2.05, 4.69) is 46.3 Å². The molecular formula is C35H33BrFN9O6S3. The number of nitrogens with zero attached hydrogens (tertiary/aromatic N) is 8. The molecule has 0 aliphatic carbocycles. The van der Waals surface area contributed by atoms with E-state index < -0.39 is 15.7 Å². The van der Waals surface area contributed by atoms with Crippen LogP contribution in [0, 0.1) is 5.82 Å². The summed E-state index contributed by atoms with van der Waals surface area (Å²) < 4.78 is 65.3. The second kappa shape index (κ2) is 17.4. The monoisotopic (exact) mass is 869 g/mol. The van der Waals surface area contributed by atoms with E-state index in [4.69, 9.17) is 24.7 Å². The lowest BCUT2D eigenvalue weighted by molar-refractivity contribution is 0.390. The number of benzene rings is 3. The molecule has 7 rings (SSSR count). The van der Waals surface area contributed by atoms with Crippen LogP contribution in [0.5, 0.6) is 23.0 Å². The van der Waals surface area contributed by atoms with Crippen molar-refractivity contribution in [1.29, 1.82) is 0 Å². The molecule has 286 valence electrons. The van der Waals surface area contributed by atoms with Gasteiger partial charge in [-0.25, -0.2) is 22.8 Å². The highest BCUT2D eigenvalue weighted by atomic mass is 79.9. The maximum Gasteiger partial charge on any atom is 0.227 e. The van der Waals surface area contributed by atoms with Crippen LogP contribution in [0.1, 0.15) is 11.4 Å². The summed E-state index contributed by atoms with van der Waals surface area (Å²) in [4.78, 5) is 8.57. The molecule has 7 aromatic rings. The molecule has 20 heteroatoms. The number of sulfone groups is 1. The van der Waals surface area contributed by atoms with Crippen molar-refractivity contribution in [2.75, 3.05) is 39.9 Å². The van der Waals surface area contributed by atoms with Crippen molar-refractivity contribution in [2.45, 2.75) is 12.2 Å². The first-order valence-electron chi connectivity index (χ1n) is 16.1. The van der Waals surface area contributed by atoms with Crippen LogP contribution >= 0.6 is 38.6 Å². The molecular weight excluding hydrogens is 838 g/mol. The zero-order valence-corrected chi connectivity index (χ0v) is 33.7. The summed E-state index contributed by atoms with van der Waals surface area (Å²) in [5.74, 6) is 2.59. The molecule has 15 nitrogen and oxygen atoms in total. The molecule has 0 fully saturated rings. The Balaban J connectivity index is 0.000000209. The number of nitrogen functional groups attached to an aromatic ring is 1. The summed E-state index contributed by atoms with van der Waals surface area (Å²) >= 11 is 6.09. The molecule has 2 N–H and O–H groups in total. The minimum Gasteiger partial charge on any atom is -0.494 e. The van der Waals surface area contributed by atoms with Gasteiger partial charge in [0.1, 0.15) is 45.9 Å². The predicted octanol–water partition coefficient (Wildman–Crippen LogP) is 6.46. The lowest BCUT2D eigenvalue weighted by atomic mass is 10.2.